The standard InChI is InChI=1S/C25H23N3O5/c1-4-15-13-20(29)33-23-21(15)22(30)26-25(27-23)32-14-18-8-5-6-11-19(18)16-9-7-10-17(12-16)24(31)28(2)3/h5-13H,4,14H2,1-3H3,(H,26,27,30). The Labute approximate surface area is 189 Å². The Kier molecular flexibility index (Phi) is 6.08. The minimum absolute atomic E-state index is 0.0461. The summed E-state index contributed by atoms with van der Waals surface area (Å²) in [6, 6.07) is 16.2. The van der Waals surface area contributed by atoms with Gasteiger partial charge in [0, 0.05) is 25.7 Å². The molecule has 8 heteroatoms. The topological polar surface area (TPSA) is 106 Å². The molecule has 0 aliphatic carbocycles. The molecule has 33 heavy (non-hydrogen) atoms. The Balaban J connectivity index is 1.66. The molecule has 2 heterocycles. The van der Waals surface area contributed by atoms with Crippen LogP contribution in [0.25, 0.3) is 22.2 Å². The van der Waals surface area contributed by atoms with Gasteiger partial charge in [0.15, 0.2) is 0 Å². The lowest BCUT2D eigenvalue weighted by Crippen LogP contribution is -2.21. The van der Waals surface area contributed by atoms with Gasteiger partial charge in [-0.2, -0.15) is 4.98 Å². The van der Waals surface area contributed by atoms with E-state index < -0.39 is 11.2 Å². The number of ether oxygens (including phenoxy) is 1. The van der Waals surface area contributed by atoms with Crippen molar-refractivity contribution in [1.82, 2.24) is 14.9 Å². The highest BCUT2D eigenvalue weighted by atomic mass is 16.5. The zero-order valence-corrected chi connectivity index (χ0v) is 18.5. The molecule has 0 spiro atoms. The molecular weight excluding hydrogens is 422 g/mol. The van der Waals surface area contributed by atoms with E-state index in [1.165, 1.54) is 11.0 Å². The van der Waals surface area contributed by atoms with Gasteiger partial charge >= 0.3 is 5.63 Å². The zero-order valence-electron chi connectivity index (χ0n) is 18.5. The lowest BCUT2D eigenvalue weighted by atomic mass is 9.98. The van der Waals surface area contributed by atoms with Gasteiger partial charge in [-0.3, -0.25) is 14.6 Å². The number of hydrogen-bond donors (Lipinski definition) is 1. The number of fused-ring (bicyclic) bond motifs is 1. The smallest absolute Gasteiger partial charge is 0.337 e. The SMILES string of the molecule is CCc1cc(=O)oc2nc(OCc3ccccc3-c3cccc(C(=O)N(C)C)c3)[nH]c(=O)c12. The Morgan fingerprint density at radius 2 is 1.85 bits per heavy atom. The summed E-state index contributed by atoms with van der Waals surface area (Å²) in [5.74, 6) is -0.0866. The molecule has 2 aromatic heterocycles. The van der Waals surface area contributed by atoms with Crippen molar-refractivity contribution >= 4 is 17.0 Å². The van der Waals surface area contributed by atoms with Gasteiger partial charge in [0.05, 0.1) is 0 Å². The number of aromatic amines is 1. The quantitative estimate of drug-likeness (QED) is 0.488. The van der Waals surface area contributed by atoms with Crippen molar-refractivity contribution in [2.75, 3.05) is 14.1 Å². The number of amides is 1. The molecule has 8 nitrogen and oxygen atoms in total. The fraction of sp³-hybridized carbons (Fsp3) is 0.200. The minimum Gasteiger partial charge on any atom is -0.460 e. The summed E-state index contributed by atoms with van der Waals surface area (Å²) < 4.78 is 10.9. The number of nitrogens with one attached hydrogen (secondary N) is 1. The average Bonchev–Trinajstić information content (AvgIpc) is 2.81. The van der Waals surface area contributed by atoms with Crippen molar-refractivity contribution < 1.29 is 13.9 Å². The Hall–Kier alpha value is -4.20. The van der Waals surface area contributed by atoms with E-state index in [1.54, 1.807) is 20.2 Å². The van der Waals surface area contributed by atoms with Crippen LogP contribution in [0.4, 0.5) is 0 Å². The first-order valence-electron chi connectivity index (χ1n) is 10.5. The summed E-state index contributed by atoms with van der Waals surface area (Å²) in [4.78, 5) is 45.1. The van der Waals surface area contributed by atoms with E-state index >= 15 is 0 Å². The first-order valence-corrected chi connectivity index (χ1v) is 10.5. The molecule has 0 aliphatic rings. The molecule has 0 aliphatic heterocycles. The largest absolute Gasteiger partial charge is 0.460 e. The number of benzene rings is 2. The van der Waals surface area contributed by atoms with Crippen molar-refractivity contribution in [3.05, 3.63) is 92.1 Å². The first-order chi connectivity index (χ1) is 15.9. The van der Waals surface area contributed by atoms with Gasteiger partial charge in [-0.15, -0.1) is 0 Å². The number of nitrogens with zero attached hydrogens (tertiary/aromatic N) is 2. The molecule has 0 radical (unpaired) electrons. The Morgan fingerprint density at radius 1 is 1.06 bits per heavy atom. The third kappa shape index (κ3) is 4.55. The molecule has 4 rings (SSSR count). The van der Waals surface area contributed by atoms with Crippen LogP contribution in [0.2, 0.25) is 0 Å². The molecule has 0 unspecified atom stereocenters. The van der Waals surface area contributed by atoms with E-state index in [1.807, 2.05) is 49.4 Å². The Bertz CT molecular complexity index is 1450. The van der Waals surface area contributed by atoms with Crippen LogP contribution >= 0.6 is 0 Å². The molecule has 168 valence electrons. The average molecular weight is 445 g/mol. The number of carbonyl (C=O) groups excluding carboxylic acids is 1. The lowest BCUT2D eigenvalue weighted by Gasteiger charge is -2.14. The maximum atomic E-state index is 12.6. The van der Waals surface area contributed by atoms with Crippen LogP contribution < -0.4 is 15.9 Å². The van der Waals surface area contributed by atoms with Crippen molar-refractivity contribution in [2.45, 2.75) is 20.0 Å². The molecule has 1 amide bonds. The van der Waals surface area contributed by atoms with E-state index in [-0.39, 0.29) is 29.6 Å². The molecule has 0 fully saturated rings. The third-order valence-electron chi connectivity index (χ3n) is 5.26. The number of rotatable bonds is 6. The highest BCUT2D eigenvalue weighted by molar-refractivity contribution is 5.95. The van der Waals surface area contributed by atoms with Crippen molar-refractivity contribution in [2.24, 2.45) is 0 Å². The van der Waals surface area contributed by atoms with Crippen LogP contribution in [0.15, 0.2) is 68.6 Å². The molecule has 2 aromatic carbocycles. The third-order valence-corrected chi connectivity index (χ3v) is 5.26. The highest BCUT2D eigenvalue weighted by Crippen LogP contribution is 2.26. The number of hydrogen-bond acceptors (Lipinski definition) is 6. The van der Waals surface area contributed by atoms with Gasteiger partial charge in [-0.05, 0) is 40.8 Å². The molecule has 0 atom stereocenters. The molecule has 0 bridgehead atoms. The molecular formula is C25H23N3O5. The molecule has 0 saturated heterocycles. The van der Waals surface area contributed by atoms with Crippen LogP contribution in [0.3, 0.4) is 0 Å². The second kappa shape index (κ2) is 9.12. The summed E-state index contributed by atoms with van der Waals surface area (Å²) >= 11 is 0. The van der Waals surface area contributed by atoms with Gasteiger partial charge in [-0.25, -0.2) is 4.79 Å². The van der Waals surface area contributed by atoms with Crippen LogP contribution in [-0.4, -0.2) is 34.9 Å². The van der Waals surface area contributed by atoms with Crippen LogP contribution in [0, 0.1) is 0 Å². The highest BCUT2D eigenvalue weighted by Gasteiger charge is 2.14. The summed E-state index contributed by atoms with van der Waals surface area (Å²) in [5.41, 5.74) is 2.67. The fourth-order valence-electron chi connectivity index (χ4n) is 3.63. The minimum atomic E-state index is -0.569. The maximum Gasteiger partial charge on any atom is 0.337 e. The van der Waals surface area contributed by atoms with Gasteiger partial charge in [0.25, 0.3) is 17.5 Å². The second-order valence-electron chi connectivity index (χ2n) is 7.72. The van der Waals surface area contributed by atoms with Crippen LogP contribution in [0.1, 0.15) is 28.4 Å². The van der Waals surface area contributed by atoms with Crippen molar-refractivity contribution in [1.29, 1.82) is 0 Å². The van der Waals surface area contributed by atoms with E-state index in [0.717, 1.165) is 16.7 Å². The van der Waals surface area contributed by atoms with E-state index in [0.29, 0.717) is 17.5 Å². The van der Waals surface area contributed by atoms with Crippen molar-refractivity contribution in [3.8, 4) is 17.1 Å². The summed E-state index contributed by atoms with van der Waals surface area (Å²) in [7, 11) is 3.42. The van der Waals surface area contributed by atoms with E-state index in [9.17, 15) is 14.4 Å². The van der Waals surface area contributed by atoms with E-state index in [4.69, 9.17) is 9.15 Å². The second-order valence-corrected chi connectivity index (χ2v) is 7.72. The number of H-pyrrole nitrogens is 1. The van der Waals surface area contributed by atoms with Gasteiger partial charge < -0.3 is 14.1 Å². The zero-order chi connectivity index (χ0) is 23.5. The first kappa shape index (κ1) is 22.0. The van der Waals surface area contributed by atoms with Gasteiger partial charge in [-0.1, -0.05) is 43.3 Å². The fourth-order valence-corrected chi connectivity index (χ4v) is 3.63. The number of aromatic nitrogens is 2. The molecule has 4 aromatic rings. The van der Waals surface area contributed by atoms with Gasteiger partial charge in [0.2, 0.25) is 5.71 Å². The van der Waals surface area contributed by atoms with E-state index in [2.05, 4.69) is 9.97 Å². The van der Waals surface area contributed by atoms with Crippen LogP contribution in [0.5, 0.6) is 6.01 Å². The predicted octanol–water partition coefficient (Wildman–Crippen LogP) is 3.39. The molecule has 1 N–H and O–H groups in total. The lowest BCUT2D eigenvalue weighted by molar-refractivity contribution is 0.0827. The van der Waals surface area contributed by atoms with Gasteiger partial charge in [0.1, 0.15) is 12.0 Å². The summed E-state index contributed by atoms with van der Waals surface area (Å²) in [6.07, 6.45) is 0.496. The van der Waals surface area contributed by atoms with Crippen molar-refractivity contribution in [3.63, 3.8) is 0 Å². The predicted molar refractivity (Wildman–Crippen MR) is 125 cm³/mol. The summed E-state index contributed by atoms with van der Waals surface area (Å²) in [6.45, 7) is 1.95. The summed E-state index contributed by atoms with van der Waals surface area (Å²) in [5, 5.41) is 0.243. The maximum absolute atomic E-state index is 12.6. The number of aryl methyl sites for hydroxylation is 1. The Morgan fingerprint density at radius 3 is 2.61 bits per heavy atom. The normalized spacial score (nSPS) is 10.9. The van der Waals surface area contributed by atoms with Crippen LogP contribution in [-0.2, 0) is 13.0 Å². The molecule has 0 saturated carbocycles. The monoisotopic (exact) mass is 445 g/mol. The number of carbonyl (C=O) groups is 1.